The molecule has 1 atom stereocenters. The van der Waals surface area contributed by atoms with Gasteiger partial charge < -0.3 is 15.7 Å². The van der Waals surface area contributed by atoms with E-state index < -0.39 is 17.4 Å². The SMILES string of the molecule is N#Cc1ccccc1NC(=O)C(=O)NC[C@](O)(c1ccsc1)c1cccs1. The summed E-state index contributed by atoms with van der Waals surface area (Å²) in [6.07, 6.45) is 0. The molecule has 1 aromatic carbocycles. The highest BCUT2D eigenvalue weighted by Crippen LogP contribution is 2.33. The molecule has 2 heterocycles. The molecule has 0 aliphatic carbocycles. The summed E-state index contributed by atoms with van der Waals surface area (Å²) in [5.41, 5.74) is -0.265. The van der Waals surface area contributed by atoms with Crippen molar-refractivity contribution >= 4 is 40.2 Å². The smallest absolute Gasteiger partial charge is 0.313 e. The van der Waals surface area contributed by atoms with Gasteiger partial charge in [0.15, 0.2) is 0 Å². The van der Waals surface area contributed by atoms with Gasteiger partial charge in [-0.1, -0.05) is 18.2 Å². The highest BCUT2D eigenvalue weighted by Gasteiger charge is 2.34. The number of rotatable bonds is 5. The monoisotopic (exact) mass is 397 g/mol. The van der Waals surface area contributed by atoms with Crippen LogP contribution in [0.15, 0.2) is 58.6 Å². The molecule has 0 spiro atoms. The molecule has 0 unspecified atom stereocenters. The summed E-state index contributed by atoms with van der Waals surface area (Å²) < 4.78 is 0. The highest BCUT2D eigenvalue weighted by atomic mass is 32.1. The van der Waals surface area contributed by atoms with E-state index >= 15 is 0 Å². The van der Waals surface area contributed by atoms with Gasteiger partial charge in [-0.15, -0.1) is 11.3 Å². The number of nitriles is 1. The average molecular weight is 397 g/mol. The quantitative estimate of drug-likeness (QED) is 0.576. The summed E-state index contributed by atoms with van der Waals surface area (Å²) in [6, 6.07) is 13.7. The lowest BCUT2D eigenvalue weighted by Crippen LogP contribution is -2.44. The fourth-order valence-electron chi connectivity index (χ4n) is 2.50. The Morgan fingerprint density at radius 1 is 1.11 bits per heavy atom. The molecular formula is C19H15N3O3S2. The summed E-state index contributed by atoms with van der Waals surface area (Å²) in [6.45, 7) is -0.156. The molecule has 0 aliphatic heterocycles. The molecule has 6 nitrogen and oxygen atoms in total. The van der Waals surface area contributed by atoms with E-state index in [-0.39, 0.29) is 17.8 Å². The maximum atomic E-state index is 12.2. The van der Waals surface area contributed by atoms with E-state index in [2.05, 4.69) is 10.6 Å². The molecule has 2 amide bonds. The van der Waals surface area contributed by atoms with Crippen LogP contribution in [0.1, 0.15) is 16.0 Å². The molecule has 27 heavy (non-hydrogen) atoms. The van der Waals surface area contributed by atoms with Crippen molar-refractivity contribution in [3.8, 4) is 6.07 Å². The number of para-hydroxylation sites is 1. The first kappa shape index (κ1) is 18.8. The fourth-order valence-corrected chi connectivity index (χ4v) is 4.07. The highest BCUT2D eigenvalue weighted by molar-refractivity contribution is 7.10. The predicted octanol–water partition coefficient (Wildman–Crippen LogP) is 2.67. The molecule has 3 aromatic rings. The minimum Gasteiger partial charge on any atom is -0.378 e. The fraction of sp³-hybridized carbons (Fsp3) is 0.105. The maximum absolute atomic E-state index is 12.2. The van der Waals surface area contributed by atoms with E-state index in [9.17, 15) is 14.7 Å². The van der Waals surface area contributed by atoms with E-state index in [1.54, 1.807) is 35.7 Å². The normalized spacial score (nSPS) is 12.6. The van der Waals surface area contributed by atoms with Gasteiger partial charge in [-0.2, -0.15) is 16.6 Å². The molecule has 0 aliphatic rings. The van der Waals surface area contributed by atoms with Gasteiger partial charge in [-0.25, -0.2) is 0 Å². The first-order valence-corrected chi connectivity index (χ1v) is 9.74. The van der Waals surface area contributed by atoms with Gasteiger partial charge in [0, 0.05) is 10.4 Å². The van der Waals surface area contributed by atoms with E-state index in [0.29, 0.717) is 10.4 Å². The molecule has 3 rings (SSSR count). The van der Waals surface area contributed by atoms with Gasteiger partial charge in [-0.3, -0.25) is 9.59 Å². The van der Waals surface area contributed by atoms with Gasteiger partial charge >= 0.3 is 11.8 Å². The number of carbonyl (C=O) groups excluding carboxylic acids is 2. The second-order valence-electron chi connectivity index (χ2n) is 5.64. The lowest BCUT2D eigenvalue weighted by Gasteiger charge is -2.26. The van der Waals surface area contributed by atoms with Crippen molar-refractivity contribution in [1.82, 2.24) is 5.32 Å². The second kappa shape index (κ2) is 8.14. The van der Waals surface area contributed by atoms with Crippen molar-refractivity contribution in [2.24, 2.45) is 0 Å². The summed E-state index contributed by atoms with van der Waals surface area (Å²) in [5, 5.41) is 30.6. The first-order chi connectivity index (χ1) is 13.0. The summed E-state index contributed by atoms with van der Waals surface area (Å²) in [4.78, 5) is 25.0. The van der Waals surface area contributed by atoms with Gasteiger partial charge in [-0.05, 0) is 40.4 Å². The molecule has 0 saturated carbocycles. The summed E-state index contributed by atoms with van der Waals surface area (Å²) >= 11 is 2.79. The van der Waals surface area contributed by atoms with Crippen LogP contribution in [0, 0.1) is 11.3 Å². The molecule has 2 aromatic heterocycles. The minimum atomic E-state index is -1.42. The Labute approximate surface area is 163 Å². The number of amides is 2. The van der Waals surface area contributed by atoms with E-state index in [0.717, 1.165) is 0 Å². The average Bonchev–Trinajstić information content (AvgIpc) is 3.40. The van der Waals surface area contributed by atoms with Crippen LogP contribution in [0.3, 0.4) is 0 Å². The lowest BCUT2D eigenvalue weighted by atomic mass is 9.94. The number of hydrogen-bond donors (Lipinski definition) is 3. The Morgan fingerprint density at radius 2 is 1.93 bits per heavy atom. The zero-order valence-electron chi connectivity index (χ0n) is 14.0. The molecule has 0 fully saturated rings. The van der Waals surface area contributed by atoms with Gasteiger partial charge in [0.1, 0.15) is 11.7 Å². The van der Waals surface area contributed by atoms with Gasteiger partial charge in [0.2, 0.25) is 0 Å². The second-order valence-corrected chi connectivity index (χ2v) is 7.37. The zero-order valence-corrected chi connectivity index (χ0v) is 15.6. The Morgan fingerprint density at radius 3 is 2.59 bits per heavy atom. The van der Waals surface area contributed by atoms with Crippen LogP contribution < -0.4 is 10.6 Å². The number of hydrogen-bond acceptors (Lipinski definition) is 6. The number of nitrogens with zero attached hydrogens (tertiary/aromatic N) is 1. The van der Waals surface area contributed by atoms with Crippen LogP contribution >= 0.6 is 22.7 Å². The number of anilines is 1. The van der Waals surface area contributed by atoms with Crippen molar-refractivity contribution < 1.29 is 14.7 Å². The van der Waals surface area contributed by atoms with Crippen molar-refractivity contribution in [1.29, 1.82) is 5.26 Å². The van der Waals surface area contributed by atoms with Crippen LogP contribution in [0.2, 0.25) is 0 Å². The largest absolute Gasteiger partial charge is 0.378 e. The number of nitrogens with one attached hydrogen (secondary N) is 2. The molecular weight excluding hydrogens is 382 g/mol. The molecule has 0 bridgehead atoms. The third kappa shape index (κ3) is 4.06. The van der Waals surface area contributed by atoms with Crippen LogP contribution in [-0.4, -0.2) is 23.5 Å². The molecule has 8 heteroatoms. The van der Waals surface area contributed by atoms with Crippen molar-refractivity contribution in [2.75, 3.05) is 11.9 Å². The Hall–Kier alpha value is -2.99. The van der Waals surface area contributed by atoms with Gasteiger partial charge in [0.25, 0.3) is 0 Å². The first-order valence-electron chi connectivity index (χ1n) is 7.92. The topological polar surface area (TPSA) is 102 Å². The maximum Gasteiger partial charge on any atom is 0.313 e. The Bertz CT molecular complexity index is 942. The summed E-state index contributed by atoms with van der Waals surface area (Å²) in [7, 11) is 0. The van der Waals surface area contributed by atoms with E-state index in [4.69, 9.17) is 5.26 Å². The Kier molecular flexibility index (Phi) is 5.66. The number of aliphatic hydroxyl groups is 1. The molecule has 3 N–H and O–H groups in total. The molecule has 136 valence electrons. The predicted molar refractivity (Wildman–Crippen MR) is 104 cm³/mol. The number of benzene rings is 1. The number of thiophene rings is 2. The molecule has 0 saturated heterocycles. The van der Waals surface area contributed by atoms with Crippen LogP contribution in [-0.2, 0) is 15.2 Å². The standard InChI is InChI=1S/C19H15N3O3S2/c20-10-13-4-1-2-5-15(13)22-18(24)17(23)21-12-19(25,14-7-9-26-11-14)16-6-3-8-27-16/h1-9,11,25H,12H2,(H,21,23)(H,22,24)/t19-/m0/s1. The number of carbonyl (C=O) groups is 2. The van der Waals surface area contributed by atoms with Crippen LogP contribution in [0.4, 0.5) is 5.69 Å². The Balaban J connectivity index is 1.71. The van der Waals surface area contributed by atoms with Gasteiger partial charge in [0.05, 0.1) is 17.8 Å². The third-order valence-electron chi connectivity index (χ3n) is 3.93. The van der Waals surface area contributed by atoms with Crippen LogP contribution in [0.5, 0.6) is 0 Å². The van der Waals surface area contributed by atoms with Crippen molar-refractivity contribution in [2.45, 2.75) is 5.60 Å². The lowest BCUT2D eigenvalue weighted by molar-refractivity contribution is -0.136. The van der Waals surface area contributed by atoms with Crippen molar-refractivity contribution in [3.05, 3.63) is 74.6 Å². The van der Waals surface area contributed by atoms with E-state index in [1.807, 2.05) is 22.9 Å². The minimum absolute atomic E-state index is 0.156. The summed E-state index contributed by atoms with van der Waals surface area (Å²) in [5.74, 6) is -1.80. The van der Waals surface area contributed by atoms with Crippen LogP contribution in [0.25, 0.3) is 0 Å². The van der Waals surface area contributed by atoms with Crippen molar-refractivity contribution in [3.63, 3.8) is 0 Å². The molecule has 0 radical (unpaired) electrons. The van der Waals surface area contributed by atoms with E-state index in [1.165, 1.54) is 28.7 Å². The third-order valence-corrected chi connectivity index (χ3v) is 5.64. The zero-order chi connectivity index (χ0) is 19.3.